The van der Waals surface area contributed by atoms with E-state index < -0.39 is 49.4 Å². The summed E-state index contributed by atoms with van der Waals surface area (Å²) in [4.78, 5) is 53.1. The Morgan fingerprint density at radius 3 is 1.96 bits per heavy atom. The molecule has 0 radical (unpaired) electrons. The fourth-order valence-electron chi connectivity index (χ4n) is 5.62. The fourth-order valence-corrected chi connectivity index (χ4v) is 6.99. The van der Waals surface area contributed by atoms with Crippen molar-refractivity contribution >= 4 is 32.1 Å². The Kier molecular flexibility index (Phi) is 19.9. The topological polar surface area (TPSA) is 167 Å². The van der Waals surface area contributed by atoms with Crippen molar-refractivity contribution in [1.29, 1.82) is 0 Å². The number of carbonyl (C=O) groups excluding carboxylic acids is 4. The van der Waals surface area contributed by atoms with E-state index in [1.54, 1.807) is 33.1 Å². The van der Waals surface area contributed by atoms with Crippen LogP contribution in [-0.2, 0) is 23.5 Å². The number of ether oxygens (including phenoxy) is 3. The number of carbonyl (C=O) groups is 4. The normalized spacial score (nSPS) is 14.9. The van der Waals surface area contributed by atoms with E-state index in [-0.39, 0.29) is 41.2 Å². The van der Waals surface area contributed by atoms with Crippen molar-refractivity contribution in [2.45, 2.75) is 145 Å². The molecule has 0 spiro atoms. The van der Waals surface area contributed by atoms with Crippen molar-refractivity contribution < 1.29 is 37.8 Å². The minimum absolute atomic E-state index is 0.0909. The Bertz CT molecular complexity index is 1370. The Morgan fingerprint density at radius 1 is 0.836 bits per heavy atom. The highest BCUT2D eigenvalue weighted by Gasteiger charge is 2.43. The van der Waals surface area contributed by atoms with Crippen LogP contribution in [0.25, 0.3) is 0 Å². The highest BCUT2D eigenvalue weighted by molar-refractivity contribution is 6.74. The molecule has 0 aliphatic carbocycles. The van der Waals surface area contributed by atoms with Crippen molar-refractivity contribution in [2.24, 2.45) is 34.8 Å². The molecule has 0 bridgehead atoms. The van der Waals surface area contributed by atoms with Gasteiger partial charge in [-0.3, -0.25) is 14.4 Å². The molecule has 0 aliphatic heterocycles. The van der Waals surface area contributed by atoms with Crippen LogP contribution >= 0.6 is 0 Å². The van der Waals surface area contributed by atoms with E-state index >= 15 is 0 Å². The van der Waals surface area contributed by atoms with Gasteiger partial charge in [0.25, 0.3) is 5.91 Å². The van der Waals surface area contributed by atoms with E-state index in [0.29, 0.717) is 43.9 Å². The van der Waals surface area contributed by atoms with Crippen LogP contribution in [0.4, 0.5) is 4.79 Å². The second-order valence-electron chi connectivity index (χ2n) is 18.7. The first kappa shape index (κ1) is 49.9. The number of amides is 4. The minimum Gasteiger partial charge on any atom is -0.493 e. The van der Waals surface area contributed by atoms with Gasteiger partial charge in [0.1, 0.15) is 11.4 Å². The van der Waals surface area contributed by atoms with Gasteiger partial charge in [0.15, 0.2) is 8.32 Å². The quantitative estimate of drug-likeness (QED) is 0.0655. The average molecular weight is 793 g/mol. The second-order valence-corrected chi connectivity index (χ2v) is 23.5. The lowest BCUT2D eigenvalue weighted by molar-refractivity contribution is -0.130. The SMILES string of the molecule is COCCCCOc1ccccc1C(=O)NCC(CC(NC(=O)OC(C)(C)C)C(CC(C(=O)NCC(C)(C)C(N)=O)C(C)C)O[Si](C)(C)C(C)(C)C)C(C)C. The van der Waals surface area contributed by atoms with Crippen LogP contribution in [0.2, 0.25) is 18.1 Å². The maximum absolute atomic E-state index is 13.9. The predicted molar refractivity (Wildman–Crippen MR) is 222 cm³/mol. The molecule has 4 atom stereocenters. The fraction of sp³-hybridized carbons (Fsp3) is 0.762. The maximum Gasteiger partial charge on any atom is 0.407 e. The number of benzene rings is 1. The molecule has 0 aromatic heterocycles. The Morgan fingerprint density at radius 2 is 1.44 bits per heavy atom. The molecule has 0 saturated carbocycles. The summed E-state index contributed by atoms with van der Waals surface area (Å²) in [6.45, 7) is 29.3. The maximum atomic E-state index is 13.9. The molecule has 55 heavy (non-hydrogen) atoms. The molecule has 1 rings (SSSR count). The Balaban J connectivity index is 3.57. The molecule has 0 heterocycles. The van der Waals surface area contributed by atoms with Crippen molar-refractivity contribution in [1.82, 2.24) is 16.0 Å². The zero-order valence-corrected chi connectivity index (χ0v) is 37.8. The van der Waals surface area contributed by atoms with Crippen LogP contribution in [0.5, 0.6) is 5.75 Å². The number of primary amides is 1. The molecular formula is C42H76N4O8Si. The standard InChI is InChI=1S/C42H76N4O8Si/c1-28(2)30(26-44-36(47)31-20-16-17-21-34(31)52-23-19-18-22-51-13)24-33(46-39(50)53-40(5,6)7)35(54-55(14,15)41(8,9)10)25-32(29(3)4)37(48)45-27-42(11,12)38(43)49/h16-17,20-21,28-30,32-33,35H,18-19,22-27H2,1-15H3,(H2,43,49)(H,44,47)(H,45,48)(H,46,50). The molecule has 4 unspecified atom stereocenters. The Hall–Kier alpha value is -3.16. The molecule has 0 fully saturated rings. The van der Waals surface area contributed by atoms with Crippen LogP contribution in [-0.4, -0.2) is 83.3 Å². The number of hydrogen-bond donors (Lipinski definition) is 4. The first-order valence-electron chi connectivity index (χ1n) is 20.0. The molecule has 4 amide bonds. The number of unbranched alkanes of at least 4 members (excludes halogenated alkanes) is 1. The summed E-state index contributed by atoms with van der Waals surface area (Å²) >= 11 is 0. The summed E-state index contributed by atoms with van der Waals surface area (Å²) in [5, 5.41) is 9.09. The van der Waals surface area contributed by atoms with Gasteiger partial charge in [0.2, 0.25) is 11.8 Å². The van der Waals surface area contributed by atoms with Gasteiger partial charge in [0.05, 0.1) is 29.7 Å². The molecule has 316 valence electrons. The lowest BCUT2D eigenvalue weighted by Gasteiger charge is -2.43. The predicted octanol–water partition coefficient (Wildman–Crippen LogP) is 7.46. The van der Waals surface area contributed by atoms with Gasteiger partial charge >= 0.3 is 6.09 Å². The largest absolute Gasteiger partial charge is 0.493 e. The van der Waals surface area contributed by atoms with Gasteiger partial charge in [-0.25, -0.2) is 4.79 Å². The van der Waals surface area contributed by atoms with Crippen molar-refractivity contribution in [2.75, 3.05) is 33.4 Å². The van der Waals surface area contributed by atoms with E-state index in [0.717, 1.165) is 12.8 Å². The molecule has 1 aromatic rings. The van der Waals surface area contributed by atoms with Gasteiger partial charge in [0, 0.05) is 32.7 Å². The third-order valence-corrected chi connectivity index (χ3v) is 15.1. The van der Waals surface area contributed by atoms with E-state index in [2.05, 4.69) is 63.7 Å². The lowest BCUT2D eigenvalue weighted by atomic mass is 9.82. The summed E-state index contributed by atoms with van der Waals surface area (Å²) < 4.78 is 24.1. The molecule has 13 heteroatoms. The summed E-state index contributed by atoms with van der Waals surface area (Å²) in [5.74, 6) is -1.05. The third-order valence-electron chi connectivity index (χ3n) is 10.6. The number of hydrogen-bond acceptors (Lipinski definition) is 8. The zero-order chi connectivity index (χ0) is 42.4. The second kappa shape index (κ2) is 22.0. The number of alkyl carbamates (subject to hydrolysis) is 1. The molecule has 0 saturated heterocycles. The van der Waals surface area contributed by atoms with Gasteiger partial charge in [-0.15, -0.1) is 0 Å². The van der Waals surface area contributed by atoms with Gasteiger partial charge in [-0.05, 0) is 108 Å². The van der Waals surface area contributed by atoms with Gasteiger partial charge in [-0.1, -0.05) is 60.6 Å². The summed E-state index contributed by atoms with van der Waals surface area (Å²) in [7, 11) is -0.821. The molecule has 0 aliphatic rings. The van der Waals surface area contributed by atoms with Crippen molar-refractivity contribution in [3.05, 3.63) is 29.8 Å². The van der Waals surface area contributed by atoms with Crippen LogP contribution in [0, 0.1) is 29.1 Å². The summed E-state index contributed by atoms with van der Waals surface area (Å²) in [6.07, 6.45) is 1.23. The van der Waals surface area contributed by atoms with Crippen molar-refractivity contribution in [3.8, 4) is 5.75 Å². The van der Waals surface area contributed by atoms with E-state index in [1.807, 2.05) is 46.8 Å². The summed E-state index contributed by atoms with van der Waals surface area (Å²) in [6, 6.07) is 6.63. The van der Waals surface area contributed by atoms with Crippen molar-refractivity contribution in [3.63, 3.8) is 0 Å². The van der Waals surface area contributed by atoms with E-state index in [1.165, 1.54) is 0 Å². The first-order chi connectivity index (χ1) is 25.2. The minimum atomic E-state index is -2.49. The summed E-state index contributed by atoms with van der Waals surface area (Å²) in [5.41, 5.74) is 4.38. The average Bonchev–Trinajstić information content (AvgIpc) is 3.05. The van der Waals surface area contributed by atoms with Gasteiger partial charge in [-0.2, -0.15) is 0 Å². The number of rotatable bonds is 23. The highest BCUT2D eigenvalue weighted by atomic mass is 28.4. The molecule has 1 aromatic carbocycles. The third kappa shape index (κ3) is 17.7. The number of methoxy groups -OCH3 is 1. The Labute approximate surface area is 333 Å². The first-order valence-corrected chi connectivity index (χ1v) is 22.9. The van der Waals surface area contributed by atoms with E-state index in [4.69, 9.17) is 24.4 Å². The number of para-hydroxylation sites is 1. The molecular weight excluding hydrogens is 717 g/mol. The molecule has 12 nitrogen and oxygen atoms in total. The number of nitrogens with one attached hydrogen (secondary N) is 3. The number of nitrogens with two attached hydrogens (primary N) is 1. The van der Waals surface area contributed by atoms with Crippen LogP contribution < -0.4 is 26.4 Å². The zero-order valence-electron chi connectivity index (χ0n) is 36.8. The van der Waals surface area contributed by atoms with E-state index in [9.17, 15) is 19.2 Å². The van der Waals surface area contributed by atoms with Gasteiger partial charge < -0.3 is 40.3 Å². The van der Waals surface area contributed by atoms with Crippen LogP contribution in [0.15, 0.2) is 24.3 Å². The highest BCUT2D eigenvalue weighted by Crippen LogP contribution is 2.39. The van der Waals surface area contributed by atoms with Crippen LogP contribution in [0.1, 0.15) is 119 Å². The monoisotopic (exact) mass is 793 g/mol. The molecule has 5 N–H and O–H groups in total. The lowest BCUT2D eigenvalue weighted by Crippen LogP contribution is -2.55. The van der Waals surface area contributed by atoms with Crippen LogP contribution in [0.3, 0.4) is 0 Å². The smallest absolute Gasteiger partial charge is 0.407 e.